The van der Waals surface area contributed by atoms with E-state index < -0.39 is 6.43 Å². The van der Waals surface area contributed by atoms with Gasteiger partial charge in [-0.1, -0.05) is 12.8 Å². The highest BCUT2D eigenvalue weighted by Gasteiger charge is 2.36. The molecule has 2 amide bonds. The van der Waals surface area contributed by atoms with E-state index in [-0.39, 0.29) is 41.6 Å². The third-order valence-electron chi connectivity index (χ3n) is 8.34. The van der Waals surface area contributed by atoms with Crippen molar-refractivity contribution in [1.29, 1.82) is 0 Å². The van der Waals surface area contributed by atoms with Crippen LogP contribution in [0.15, 0.2) is 43.0 Å². The summed E-state index contributed by atoms with van der Waals surface area (Å²) < 4.78 is 30.6. The van der Waals surface area contributed by atoms with E-state index in [1.165, 1.54) is 17.1 Å². The van der Waals surface area contributed by atoms with Crippen molar-refractivity contribution >= 4 is 29.0 Å². The van der Waals surface area contributed by atoms with Gasteiger partial charge in [0.05, 0.1) is 11.9 Å². The molecule has 1 saturated carbocycles. The van der Waals surface area contributed by atoms with Crippen LogP contribution in [0.5, 0.6) is 0 Å². The molecule has 3 N–H and O–H groups in total. The number of imidazole rings is 1. The van der Waals surface area contributed by atoms with Crippen molar-refractivity contribution in [3.05, 3.63) is 59.8 Å². The zero-order valence-corrected chi connectivity index (χ0v) is 24.3. The van der Waals surface area contributed by atoms with Gasteiger partial charge in [0, 0.05) is 73.5 Å². The van der Waals surface area contributed by atoms with Gasteiger partial charge < -0.3 is 20.9 Å². The molecule has 13 heteroatoms. The Bertz CT molecular complexity index is 1740. The van der Waals surface area contributed by atoms with Gasteiger partial charge in [0.15, 0.2) is 11.5 Å². The van der Waals surface area contributed by atoms with Gasteiger partial charge in [-0.05, 0) is 43.0 Å². The fourth-order valence-electron chi connectivity index (χ4n) is 5.91. The van der Waals surface area contributed by atoms with E-state index in [0.29, 0.717) is 61.0 Å². The Kier molecular flexibility index (Phi) is 8.01. The van der Waals surface area contributed by atoms with Crippen LogP contribution in [0, 0.1) is 18.3 Å². The normalized spacial score (nSPS) is 18.4. The van der Waals surface area contributed by atoms with Crippen molar-refractivity contribution in [3.8, 4) is 23.6 Å². The lowest BCUT2D eigenvalue weighted by atomic mass is 9.80. The number of anilines is 2. The minimum Gasteiger partial charge on any atom is -0.339 e. The van der Waals surface area contributed by atoms with Gasteiger partial charge in [-0.15, -0.1) is 6.42 Å². The van der Waals surface area contributed by atoms with Crippen LogP contribution in [-0.2, 0) is 17.8 Å². The zero-order chi connectivity index (χ0) is 31.0. The third-order valence-corrected chi connectivity index (χ3v) is 8.34. The number of piperazine rings is 1. The molecule has 3 aromatic heterocycles. The minimum atomic E-state index is -2.79. The fraction of sp³-hybridized carbons (Fsp3) is 0.387. The summed E-state index contributed by atoms with van der Waals surface area (Å²) in [5.74, 6) is 2.92. The number of aryl methyl sites for hydroxylation is 1. The Balaban J connectivity index is 1.19. The number of nitrogens with one attached hydrogen (secondary N) is 1. The van der Waals surface area contributed by atoms with E-state index >= 15 is 0 Å². The maximum absolute atomic E-state index is 13.8. The number of amides is 2. The summed E-state index contributed by atoms with van der Waals surface area (Å²) in [5, 5.41) is 7.22. The van der Waals surface area contributed by atoms with Crippen molar-refractivity contribution in [1.82, 2.24) is 33.9 Å². The van der Waals surface area contributed by atoms with Crippen molar-refractivity contribution in [2.75, 3.05) is 31.5 Å². The molecular formula is C31H33F2N9O2. The average Bonchev–Trinajstić information content (AvgIpc) is 3.64. The van der Waals surface area contributed by atoms with E-state index in [9.17, 15) is 18.4 Å². The Labute approximate surface area is 253 Å². The van der Waals surface area contributed by atoms with E-state index in [1.54, 1.807) is 33.8 Å². The maximum atomic E-state index is 13.8. The van der Waals surface area contributed by atoms with Crippen LogP contribution in [0.25, 0.3) is 16.9 Å². The minimum absolute atomic E-state index is 0.0147. The lowest BCUT2D eigenvalue weighted by molar-refractivity contribution is -0.140. The van der Waals surface area contributed by atoms with Crippen molar-refractivity contribution in [3.63, 3.8) is 0 Å². The van der Waals surface area contributed by atoms with E-state index in [4.69, 9.17) is 12.2 Å². The molecule has 1 saturated heterocycles. The largest absolute Gasteiger partial charge is 0.339 e. The first-order valence-electron chi connectivity index (χ1n) is 14.6. The van der Waals surface area contributed by atoms with Gasteiger partial charge in [0.2, 0.25) is 5.91 Å². The number of nitrogens with zero attached hydrogens (tertiary/aromatic N) is 7. The van der Waals surface area contributed by atoms with Gasteiger partial charge in [-0.2, -0.15) is 5.10 Å². The molecule has 6 rings (SSSR count). The lowest BCUT2D eigenvalue weighted by Crippen LogP contribution is -2.54. The Hall–Kier alpha value is -4.83. The van der Waals surface area contributed by atoms with Crippen LogP contribution in [0.1, 0.15) is 47.8 Å². The molecule has 0 spiro atoms. The molecule has 0 bridgehead atoms. The van der Waals surface area contributed by atoms with Gasteiger partial charge in [-0.3, -0.25) is 18.7 Å². The highest BCUT2D eigenvalue weighted by molar-refractivity contribution is 5.96. The van der Waals surface area contributed by atoms with E-state index in [0.717, 1.165) is 18.4 Å². The summed E-state index contributed by atoms with van der Waals surface area (Å²) in [5.41, 5.74) is 8.74. The molecule has 2 fully saturated rings. The monoisotopic (exact) mass is 601 g/mol. The molecule has 4 heterocycles. The summed E-state index contributed by atoms with van der Waals surface area (Å²) >= 11 is 0. The van der Waals surface area contributed by atoms with Gasteiger partial charge >= 0.3 is 0 Å². The number of alkyl halides is 2. The molecule has 4 aromatic rings. The Morgan fingerprint density at radius 3 is 2.59 bits per heavy atom. The summed E-state index contributed by atoms with van der Waals surface area (Å²) in [6.45, 7) is 4.04. The Morgan fingerprint density at radius 2 is 1.91 bits per heavy atom. The molecule has 1 aromatic carbocycles. The second-order valence-corrected chi connectivity index (χ2v) is 11.1. The fourth-order valence-corrected chi connectivity index (χ4v) is 5.91. The van der Waals surface area contributed by atoms with Crippen molar-refractivity contribution in [2.24, 2.45) is 11.7 Å². The maximum Gasteiger partial charge on any atom is 0.282 e. The van der Waals surface area contributed by atoms with Crippen LogP contribution in [0.3, 0.4) is 0 Å². The van der Waals surface area contributed by atoms with Crippen LogP contribution in [0.4, 0.5) is 20.3 Å². The third kappa shape index (κ3) is 5.48. The average molecular weight is 602 g/mol. The van der Waals surface area contributed by atoms with Gasteiger partial charge in [-0.25, -0.2) is 18.7 Å². The standard InChI is InChI=1S/C31H33F2N9O2/c1-3-8-41-18-24(26(38-41)27(32)33)25-17-36-29-28(35-7-9-42(25)29)37-22-5-6-23(19(4-2)16-22)31(44)40-12-10-39(11-13-40)30(43)20-14-21(34)15-20/h1,5-7,9,16-18,20-21,27H,4,8,10-15,34H2,2H3,(H,35,37). The predicted octanol–water partition coefficient (Wildman–Crippen LogP) is 3.49. The highest BCUT2D eigenvalue weighted by Crippen LogP contribution is 2.32. The summed E-state index contributed by atoms with van der Waals surface area (Å²) in [6, 6.07) is 5.62. The lowest BCUT2D eigenvalue weighted by Gasteiger charge is -2.40. The van der Waals surface area contributed by atoms with E-state index in [1.807, 2.05) is 17.9 Å². The number of fused-ring (bicyclic) bond motifs is 1. The number of benzene rings is 1. The van der Waals surface area contributed by atoms with Crippen molar-refractivity contribution in [2.45, 2.75) is 45.2 Å². The molecule has 1 aliphatic heterocycles. The summed E-state index contributed by atoms with van der Waals surface area (Å²) in [7, 11) is 0. The molecule has 11 nitrogen and oxygen atoms in total. The predicted molar refractivity (Wildman–Crippen MR) is 160 cm³/mol. The molecule has 0 radical (unpaired) electrons. The van der Waals surface area contributed by atoms with Crippen LogP contribution >= 0.6 is 0 Å². The first kappa shape index (κ1) is 29.3. The number of terminal acetylenes is 1. The molecule has 0 unspecified atom stereocenters. The van der Waals surface area contributed by atoms with Crippen LogP contribution in [0.2, 0.25) is 0 Å². The quantitative estimate of drug-likeness (QED) is 0.296. The number of carbonyl (C=O) groups excluding carboxylic acids is 2. The van der Waals surface area contributed by atoms with E-state index in [2.05, 4.69) is 26.3 Å². The first-order valence-corrected chi connectivity index (χ1v) is 14.6. The number of carbonyl (C=O) groups is 2. The summed E-state index contributed by atoms with van der Waals surface area (Å²) in [6.07, 6.45) is 10.8. The zero-order valence-electron chi connectivity index (χ0n) is 24.3. The molecule has 2 aliphatic rings. The summed E-state index contributed by atoms with van der Waals surface area (Å²) in [4.78, 5) is 38.7. The SMILES string of the molecule is C#CCn1cc(-c2cnc3c(Nc4ccc(C(=O)N5CCN(C(=O)C6CC(N)C6)CC5)c(CC)c4)nccn23)c(C(F)F)n1. The molecule has 1 aliphatic carbocycles. The number of nitrogens with two attached hydrogens (primary N) is 1. The molecule has 44 heavy (non-hydrogen) atoms. The number of hydrogen-bond donors (Lipinski definition) is 2. The number of rotatable bonds is 8. The highest BCUT2D eigenvalue weighted by atomic mass is 19.3. The number of halogens is 2. The van der Waals surface area contributed by atoms with Crippen molar-refractivity contribution < 1.29 is 18.4 Å². The second kappa shape index (κ2) is 12.0. The smallest absolute Gasteiger partial charge is 0.282 e. The molecular weight excluding hydrogens is 568 g/mol. The Morgan fingerprint density at radius 1 is 1.16 bits per heavy atom. The van der Waals surface area contributed by atoms with Gasteiger partial charge in [0.25, 0.3) is 12.3 Å². The first-order chi connectivity index (χ1) is 21.3. The molecule has 0 atom stereocenters. The molecule has 228 valence electrons. The number of hydrogen-bond acceptors (Lipinski definition) is 7. The van der Waals surface area contributed by atoms with Gasteiger partial charge in [0.1, 0.15) is 12.2 Å². The topological polar surface area (TPSA) is 127 Å². The van der Waals surface area contributed by atoms with Crippen LogP contribution < -0.4 is 11.1 Å². The number of aromatic nitrogens is 5. The second-order valence-electron chi connectivity index (χ2n) is 11.1. The van der Waals surface area contributed by atoms with Crippen LogP contribution in [-0.4, -0.2) is 78.0 Å².